The Hall–Kier alpha value is -0.530. The number of carboxylic acid groups (broad SMARTS) is 1. The maximum absolute atomic E-state index is 13.3. The Bertz CT molecular complexity index is 474. The minimum absolute atomic E-state index is 0.0539. The molecule has 0 aliphatic carbocycles. The summed E-state index contributed by atoms with van der Waals surface area (Å²) in [4.78, 5) is 13.3. The van der Waals surface area contributed by atoms with E-state index >= 15 is 0 Å². The normalized spacial score (nSPS) is 16.2. The van der Waals surface area contributed by atoms with Crippen LogP contribution >= 0.6 is 0 Å². The van der Waals surface area contributed by atoms with Gasteiger partial charge in [-0.3, -0.25) is 4.79 Å². The quantitative estimate of drug-likeness (QED) is 0.132. The number of carboxylic acids is 1. The third-order valence-corrected chi connectivity index (χ3v) is 9.06. The fourth-order valence-electron chi connectivity index (χ4n) is 6.89. The van der Waals surface area contributed by atoms with Gasteiger partial charge >= 0.3 is 5.97 Å². The molecule has 0 rings (SSSR count). The molecule has 0 spiro atoms. The van der Waals surface area contributed by atoms with Crippen LogP contribution in [-0.2, 0) is 4.79 Å². The van der Waals surface area contributed by atoms with E-state index in [1.165, 1.54) is 103 Å². The molecule has 1 N–H and O–H groups in total. The van der Waals surface area contributed by atoms with Gasteiger partial charge in [-0.2, -0.15) is 0 Å². The van der Waals surface area contributed by atoms with Crippen molar-refractivity contribution in [2.45, 2.75) is 183 Å². The standard InChI is InChI=1S/C32H64O2/c1-7-13-17-19-21-23-27-31(12-6,30(33)34)32(26-16-10-4,29(11-5)25-15-9-3)28-24-22-20-18-14-8-2/h29H,7-28H2,1-6H3,(H,33,34). The van der Waals surface area contributed by atoms with Crippen molar-refractivity contribution in [1.82, 2.24) is 0 Å². The van der Waals surface area contributed by atoms with E-state index in [0.717, 1.165) is 38.5 Å². The van der Waals surface area contributed by atoms with Gasteiger partial charge in [0.1, 0.15) is 0 Å². The minimum atomic E-state index is -0.565. The average molecular weight is 481 g/mol. The molecule has 0 aromatic heterocycles. The molecule has 2 heteroatoms. The van der Waals surface area contributed by atoms with Crippen LogP contribution < -0.4 is 0 Å². The first-order valence-corrected chi connectivity index (χ1v) is 15.7. The van der Waals surface area contributed by atoms with Crippen molar-refractivity contribution >= 4 is 5.97 Å². The first-order chi connectivity index (χ1) is 16.5. The van der Waals surface area contributed by atoms with Crippen LogP contribution in [0, 0.1) is 16.7 Å². The Labute approximate surface area is 215 Å². The second-order valence-corrected chi connectivity index (χ2v) is 11.3. The molecule has 2 nitrogen and oxygen atoms in total. The fourth-order valence-corrected chi connectivity index (χ4v) is 6.89. The van der Waals surface area contributed by atoms with Crippen LogP contribution in [0.15, 0.2) is 0 Å². The van der Waals surface area contributed by atoms with Gasteiger partial charge in [-0.25, -0.2) is 0 Å². The van der Waals surface area contributed by atoms with Crippen LogP contribution in [0.4, 0.5) is 0 Å². The highest BCUT2D eigenvalue weighted by molar-refractivity contribution is 5.76. The van der Waals surface area contributed by atoms with E-state index in [1.54, 1.807) is 0 Å². The summed E-state index contributed by atoms with van der Waals surface area (Å²) in [6.45, 7) is 13.6. The Morgan fingerprint density at radius 1 is 0.588 bits per heavy atom. The molecule has 3 unspecified atom stereocenters. The molecule has 0 radical (unpaired) electrons. The second kappa shape index (κ2) is 20.6. The molecule has 0 aromatic rings. The van der Waals surface area contributed by atoms with Crippen molar-refractivity contribution in [3.05, 3.63) is 0 Å². The summed E-state index contributed by atoms with van der Waals surface area (Å²) in [6.07, 6.45) is 26.2. The van der Waals surface area contributed by atoms with Crippen LogP contribution in [0.5, 0.6) is 0 Å². The number of rotatable bonds is 25. The van der Waals surface area contributed by atoms with E-state index in [0.29, 0.717) is 5.92 Å². The van der Waals surface area contributed by atoms with Crippen molar-refractivity contribution in [1.29, 1.82) is 0 Å². The van der Waals surface area contributed by atoms with Gasteiger partial charge in [0.05, 0.1) is 5.41 Å². The first-order valence-electron chi connectivity index (χ1n) is 15.7. The molecule has 3 atom stereocenters. The zero-order valence-corrected chi connectivity index (χ0v) is 24.5. The van der Waals surface area contributed by atoms with Gasteiger partial charge < -0.3 is 5.11 Å². The number of carbonyl (C=O) groups is 1. The van der Waals surface area contributed by atoms with Gasteiger partial charge in [0.2, 0.25) is 0 Å². The monoisotopic (exact) mass is 480 g/mol. The van der Waals surface area contributed by atoms with E-state index in [1.807, 2.05) is 0 Å². The van der Waals surface area contributed by atoms with Gasteiger partial charge in [0.15, 0.2) is 0 Å². The maximum atomic E-state index is 13.3. The molecule has 0 saturated heterocycles. The van der Waals surface area contributed by atoms with Gasteiger partial charge in [-0.15, -0.1) is 0 Å². The molecule has 0 aromatic carbocycles. The van der Waals surface area contributed by atoms with Gasteiger partial charge in [0, 0.05) is 0 Å². The lowest BCUT2D eigenvalue weighted by Gasteiger charge is -2.53. The zero-order valence-electron chi connectivity index (χ0n) is 24.5. The van der Waals surface area contributed by atoms with Crippen molar-refractivity contribution in [3.8, 4) is 0 Å². The van der Waals surface area contributed by atoms with E-state index < -0.39 is 11.4 Å². The third kappa shape index (κ3) is 10.6. The largest absolute Gasteiger partial charge is 0.481 e. The average Bonchev–Trinajstić information content (AvgIpc) is 2.84. The predicted molar refractivity (Wildman–Crippen MR) is 152 cm³/mol. The number of aliphatic carboxylic acids is 1. The SMILES string of the molecule is CCCCCCCCC(CC)(C(=O)O)C(CCCC)(CCCCCCCC)C(CC)CCCC. The first kappa shape index (κ1) is 33.5. The summed E-state index contributed by atoms with van der Waals surface area (Å²) >= 11 is 0. The van der Waals surface area contributed by atoms with Crippen molar-refractivity contribution < 1.29 is 9.90 Å². The van der Waals surface area contributed by atoms with Gasteiger partial charge in [0.25, 0.3) is 0 Å². The maximum Gasteiger partial charge on any atom is 0.310 e. The van der Waals surface area contributed by atoms with E-state index in [2.05, 4.69) is 41.5 Å². The summed E-state index contributed by atoms with van der Waals surface area (Å²) in [7, 11) is 0. The second-order valence-electron chi connectivity index (χ2n) is 11.3. The summed E-state index contributed by atoms with van der Waals surface area (Å²) in [5.41, 5.74) is -0.619. The molecule has 204 valence electrons. The topological polar surface area (TPSA) is 37.3 Å². The zero-order chi connectivity index (χ0) is 25.7. The van der Waals surface area contributed by atoms with Crippen molar-refractivity contribution in [2.75, 3.05) is 0 Å². The molecule has 34 heavy (non-hydrogen) atoms. The molecule has 0 amide bonds. The van der Waals surface area contributed by atoms with Crippen LogP contribution in [-0.4, -0.2) is 11.1 Å². The fraction of sp³-hybridized carbons (Fsp3) is 0.969. The van der Waals surface area contributed by atoms with E-state index in [-0.39, 0.29) is 5.41 Å². The van der Waals surface area contributed by atoms with E-state index in [4.69, 9.17) is 0 Å². The smallest absolute Gasteiger partial charge is 0.310 e. The van der Waals surface area contributed by atoms with Crippen LogP contribution in [0.3, 0.4) is 0 Å². The lowest BCUT2D eigenvalue weighted by Crippen LogP contribution is -2.52. The summed E-state index contributed by atoms with van der Waals surface area (Å²) in [5.74, 6) is 0.0476. The highest BCUT2D eigenvalue weighted by atomic mass is 16.4. The number of unbranched alkanes of at least 4 members (excludes halogenated alkanes) is 12. The van der Waals surface area contributed by atoms with Crippen molar-refractivity contribution in [3.63, 3.8) is 0 Å². The van der Waals surface area contributed by atoms with Crippen LogP contribution in [0.2, 0.25) is 0 Å². The lowest BCUT2D eigenvalue weighted by molar-refractivity contribution is -0.168. The third-order valence-electron chi connectivity index (χ3n) is 9.06. The predicted octanol–water partition coefficient (Wildman–Crippen LogP) is 11.4. The summed E-state index contributed by atoms with van der Waals surface area (Å²) < 4.78 is 0. The Balaban J connectivity index is 6.02. The Morgan fingerprint density at radius 3 is 1.47 bits per heavy atom. The molecule has 0 bridgehead atoms. The molecule has 0 aliphatic rings. The molecule has 0 fully saturated rings. The molecule has 0 aliphatic heterocycles. The number of hydrogen-bond donors (Lipinski definition) is 1. The Morgan fingerprint density at radius 2 is 1.03 bits per heavy atom. The summed E-state index contributed by atoms with van der Waals surface area (Å²) in [5, 5.41) is 10.9. The molecular weight excluding hydrogens is 416 g/mol. The number of hydrogen-bond acceptors (Lipinski definition) is 1. The molecule has 0 saturated carbocycles. The molecular formula is C32H64O2. The summed E-state index contributed by atoms with van der Waals surface area (Å²) in [6, 6.07) is 0. The highest BCUT2D eigenvalue weighted by Gasteiger charge is 2.56. The van der Waals surface area contributed by atoms with Crippen molar-refractivity contribution in [2.24, 2.45) is 16.7 Å². The molecule has 0 heterocycles. The minimum Gasteiger partial charge on any atom is -0.481 e. The van der Waals surface area contributed by atoms with E-state index in [9.17, 15) is 9.90 Å². The van der Waals surface area contributed by atoms with Gasteiger partial charge in [-0.1, -0.05) is 151 Å². The van der Waals surface area contributed by atoms with Crippen LogP contribution in [0.1, 0.15) is 183 Å². The Kier molecular flexibility index (Phi) is 20.3. The van der Waals surface area contributed by atoms with Crippen LogP contribution in [0.25, 0.3) is 0 Å². The van der Waals surface area contributed by atoms with Gasteiger partial charge in [-0.05, 0) is 43.4 Å². The highest BCUT2D eigenvalue weighted by Crippen LogP contribution is 2.59. The lowest BCUT2D eigenvalue weighted by atomic mass is 9.49.